The van der Waals surface area contributed by atoms with Crippen molar-refractivity contribution in [2.45, 2.75) is 4.90 Å². The van der Waals surface area contributed by atoms with Gasteiger partial charge >= 0.3 is 0 Å². The van der Waals surface area contributed by atoms with Gasteiger partial charge in [0.15, 0.2) is 0 Å². The van der Waals surface area contributed by atoms with Crippen molar-refractivity contribution in [3.8, 4) is 6.07 Å². The number of nitrogens with zero attached hydrogens (tertiary/aromatic N) is 3. The van der Waals surface area contributed by atoms with Crippen molar-refractivity contribution in [1.82, 2.24) is 9.97 Å². The minimum atomic E-state index is -3.88. The Kier molecular flexibility index (Phi) is 3.31. The van der Waals surface area contributed by atoms with Gasteiger partial charge in [-0.1, -0.05) is 0 Å². The molecule has 0 bridgehead atoms. The minimum absolute atomic E-state index is 0.0116. The zero-order chi connectivity index (χ0) is 13.9. The molecule has 0 atom stereocenters. The molecule has 0 saturated carbocycles. The van der Waals surface area contributed by atoms with Crippen molar-refractivity contribution in [3.05, 3.63) is 42.2 Å². The van der Waals surface area contributed by atoms with Crippen molar-refractivity contribution >= 4 is 21.7 Å². The van der Waals surface area contributed by atoms with Crippen LogP contribution < -0.4 is 10.5 Å². The molecule has 2 aromatic rings. The molecule has 0 fully saturated rings. The van der Waals surface area contributed by atoms with Crippen LogP contribution in [0.3, 0.4) is 0 Å². The number of nitrogen functional groups attached to an aromatic ring is 1. The predicted molar refractivity (Wildman–Crippen MR) is 68.4 cm³/mol. The number of nitrogens with one attached hydrogen (secondary N) is 1. The van der Waals surface area contributed by atoms with E-state index in [2.05, 4.69) is 14.7 Å². The Morgan fingerprint density at radius 1 is 1.26 bits per heavy atom. The van der Waals surface area contributed by atoms with Gasteiger partial charge in [-0.15, -0.1) is 0 Å². The Labute approximate surface area is 109 Å². The summed E-state index contributed by atoms with van der Waals surface area (Å²) in [6.45, 7) is 0. The Morgan fingerprint density at radius 2 is 1.95 bits per heavy atom. The molecule has 1 heterocycles. The summed E-state index contributed by atoms with van der Waals surface area (Å²) in [7, 11) is -3.88. The van der Waals surface area contributed by atoms with E-state index < -0.39 is 10.0 Å². The second-order valence-corrected chi connectivity index (χ2v) is 5.19. The number of sulfonamides is 1. The van der Waals surface area contributed by atoms with Gasteiger partial charge < -0.3 is 5.73 Å². The van der Waals surface area contributed by atoms with Crippen molar-refractivity contribution in [1.29, 1.82) is 5.26 Å². The van der Waals surface area contributed by atoms with Crippen LogP contribution in [0.2, 0.25) is 0 Å². The SMILES string of the molecule is N#Cc1ccc(S(=O)(=O)Nc2ncccn2)c(N)c1. The molecule has 8 heteroatoms. The second kappa shape index (κ2) is 4.91. The maximum absolute atomic E-state index is 12.1. The van der Waals surface area contributed by atoms with Crippen LogP contribution in [0.1, 0.15) is 5.56 Å². The van der Waals surface area contributed by atoms with E-state index in [4.69, 9.17) is 11.0 Å². The van der Waals surface area contributed by atoms with E-state index in [-0.39, 0.29) is 22.1 Å². The summed E-state index contributed by atoms with van der Waals surface area (Å²) in [5.74, 6) is -0.0498. The molecule has 3 N–H and O–H groups in total. The number of hydrogen-bond donors (Lipinski definition) is 2. The summed E-state index contributed by atoms with van der Waals surface area (Å²) in [6, 6.07) is 7.37. The average molecular weight is 275 g/mol. The highest BCUT2D eigenvalue weighted by atomic mass is 32.2. The van der Waals surface area contributed by atoms with Gasteiger partial charge in [-0.05, 0) is 24.3 Å². The van der Waals surface area contributed by atoms with Gasteiger partial charge in [0.1, 0.15) is 4.90 Å². The third-order valence-electron chi connectivity index (χ3n) is 2.22. The fourth-order valence-electron chi connectivity index (χ4n) is 1.39. The number of aromatic nitrogens is 2. The molecule has 0 spiro atoms. The molecule has 0 unspecified atom stereocenters. The average Bonchev–Trinajstić information content (AvgIpc) is 2.38. The molecule has 0 radical (unpaired) electrons. The first kappa shape index (κ1) is 12.8. The standard InChI is InChI=1S/C11H9N5O2S/c12-7-8-2-3-10(9(13)6-8)19(17,18)16-11-14-4-1-5-15-11/h1-6H,13H2,(H,14,15,16). The topological polar surface area (TPSA) is 122 Å². The molecular weight excluding hydrogens is 266 g/mol. The molecule has 0 aliphatic rings. The maximum Gasteiger partial charge on any atom is 0.266 e. The van der Waals surface area contributed by atoms with Gasteiger partial charge in [0.25, 0.3) is 10.0 Å². The molecular formula is C11H9N5O2S. The molecule has 2 rings (SSSR count). The van der Waals surface area contributed by atoms with Crippen LogP contribution in [0, 0.1) is 11.3 Å². The van der Waals surface area contributed by atoms with E-state index >= 15 is 0 Å². The summed E-state index contributed by atoms with van der Waals surface area (Å²) in [5.41, 5.74) is 5.90. The van der Waals surface area contributed by atoms with Gasteiger partial charge in [-0.25, -0.2) is 23.1 Å². The molecule has 1 aromatic carbocycles. The van der Waals surface area contributed by atoms with E-state index in [1.165, 1.54) is 30.6 Å². The Morgan fingerprint density at radius 3 is 2.53 bits per heavy atom. The van der Waals surface area contributed by atoms with Gasteiger partial charge in [-0.3, -0.25) is 0 Å². The summed E-state index contributed by atoms with van der Waals surface area (Å²) in [4.78, 5) is 7.39. The quantitative estimate of drug-likeness (QED) is 0.796. The number of rotatable bonds is 3. The van der Waals surface area contributed by atoms with Crippen molar-refractivity contribution in [3.63, 3.8) is 0 Å². The molecule has 0 aliphatic heterocycles. The summed E-state index contributed by atoms with van der Waals surface area (Å²) >= 11 is 0. The zero-order valence-corrected chi connectivity index (χ0v) is 10.4. The number of anilines is 2. The number of nitrogens with two attached hydrogens (primary N) is 1. The van der Waals surface area contributed by atoms with Crippen LogP contribution in [0.5, 0.6) is 0 Å². The number of hydrogen-bond acceptors (Lipinski definition) is 6. The van der Waals surface area contributed by atoms with Crippen LogP contribution in [-0.2, 0) is 10.0 Å². The highest BCUT2D eigenvalue weighted by Crippen LogP contribution is 2.21. The molecule has 7 nitrogen and oxygen atoms in total. The predicted octanol–water partition coefficient (Wildman–Crippen LogP) is 0.731. The third-order valence-corrected chi connectivity index (χ3v) is 3.62. The van der Waals surface area contributed by atoms with Gasteiger partial charge in [0, 0.05) is 12.4 Å². The fraction of sp³-hybridized carbons (Fsp3) is 0. The number of benzene rings is 1. The third kappa shape index (κ3) is 2.78. The highest BCUT2D eigenvalue weighted by Gasteiger charge is 2.18. The fourth-order valence-corrected chi connectivity index (χ4v) is 2.46. The van der Waals surface area contributed by atoms with Gasteiger partial charge in [-0.2, -0.15) is 5.26 Å². The van der Waals surface area contributed by atoms with E-state index in [9.17, 15) is 8.42 Å². The Hall–Kier alpha value is -2.66. The number of nitriles is 1. The van der Waals surface area contributed by atoms with Crippen molar-refractivity contribution in [2.75, 3.05) is 10.5 Å². The highest BCUT2D eigenvalue weighted by molar-refractivity contribution is 7.92. The minimum Gasteiger partial charge on any atom is -0.398 e. The summed E-state index contributed by atoms with van der Waals surface area (Å²) in [6.07, 6.45) is 2.82. The summed E-state index contributed by atoms with van der Waals surface area (Å²) < 4.78 is 26.3. The van der Waals surface area contributed by atoms with Crippen molar-refractivity contribution in [2.24, 2.45) is 0 Å². The van der Waals surface area contributed by atoms with Gasteiger partial charge in [0.2, 0.25) is 5.95 Å². The molecule has 1 aromatic heterocycles. The van der Waals surface area contributed by atoms with Crippen LogP contribution in [0.25, 0.3) is 0 Å². The van der Waals surface area contributed by atoms with Crippen LogP contribution in [0.15, 0.2) is 41.6 Å². The van der Waals surface area contributed by atoms with Gasteiger partial charge in [0.05, 0.1) is 17.3 Å². The van der Waals surface area contributed by atoms with Crippen LogP contribution in [-0.4, -0.2) is 18.4 Å². The van der Waals surface area contributed by atoms with Crippen LogP contribution in [0.4, 0.5) is 11.6 Å². The Bertz CT molecular complexity index is 737. The molecule has 0 saturated heterocycles. The van der Waals surface area contributed by atoms with E-state index in [0.717, 1.165) is 0 Å². The van der Waals surface area contributed by atoms with Crippen molar-refractivity contribution < 1.29 is 8.42 Å². The maximum atomic E-state index is 12.1. The molecule has 0 aliphatic carbocycles. The first-order chi connectivity index (χ1) is 9.03. The van der Waals surface area contributed by atoms with Crippen LogP contribution >= 0.6 is 0 Å². The molecule has 19 heavy (non-hydrogen) atoms. The van der Waals surface area contributed by atoms with E-state index in [0.29, 0.717) is 0 Å². The monoisotopic (exact) mass is 275 g/mol. The zero-order valence-electron chi connectivity index (χ0n) is 9.61. The lowest BCUT2D eigenvalue weighted by atomic mass is 10.2. The first-order valence-corrected chi connectivity index (χ1v) is 6.61. The lowest BCUT2D eigenvalue weighted by molar-refractivity contribution is 0.601. The largest absolute Gasteiger partial charge is 0.398 e. The molecule has 0 amide bonds. The smallest absolute Gasteiger partial charge is 0.266 e. The summed E-state index contributed by atoms with van der Waals surface area (Å²) in [5, 5.41) is 8.70. The van der Waals surface area contributed by atoms with E-state index in [1.54, 1.807) is 6.07 Å². The molecule has 96 valence electrons. The lowest BCUT2D eigenvalue weighted by Gasteiger charge is -2.08. The van der Waals surface area contributed by atoms with E-state index in [1.807, 2.05) is 6.07 Å². The first-order valence-electron chi connectivity index (χ1n) is 5.12. The second-order valence-electron chi connectivity index (χ2n) is 3.54. The normalized spacial score (nSPS) is 10.7. The lowest BCUT2D eigenvalue weighted by Crippen LogP contribution is -2.16. The Balaban J connectivity index is 2.38.